The average molecular weight is 255 g/mol. The summed E-state index contributed by atoms with van der Waals surface area (Å²) in [6.07, 6.45) is 1.19. The van der Waals surface area contributed by atoms with E-state index in [2.05, 4.69) is 0 Å². The molecule has 0 aliphatic carbocycles. The molecule has 0 aromatic heterocycles. The molecule has 0 aliphatic rings. The highest BCUT2D eigenvalue weighted by molar-refractivity contribution is 6.31. The van der Waals surface area contributed by atoms with Crippen LogP contribution in [-0.2, 0) is 11.2 Å². The number of benzene rings is 1. The third-order valence-corrected chi connectivity index (χ3v) is 3.13. The molecule has 1 aromatic carbocycles. The Morgan fingerprint density at radius 2 is 2.06 bits per heavy atom. The van der Waals surface area contributed by atoms with E-state index in [0.717, 1.165) is 11.1 Å². The first-order valence-electron chi connectivity index (χ1n) is 5.88. The second-order valence-corrected chi connectivity index (χ2v) is 5.37. The van der Waals surface area contributed by atoms with Crippen LogP contribution in [0.4, 0.5) is 0 Å². The zero-order valence-corrected chi connectivity index (χ0v) is 11.3. The summed E-state index contributed by atoms with van der Waals surface area (Å²) in [5, 5.41) is 9.85. The van der Waals surface area contributed by atoms with Crippen LogP contribution in [0.15, 0.2) is 18.2 Å². The summed E-state index contributed by atoms with van der Waals surface area (Å²) in [5.74, 6) is -0.717. The highest BCUT2D eigenvalue weighted by Crippen LogP contribution is 2.24. The zero-order valence-electron chi connectivity index (χ0n) is 10.5. The van der Waals surface area contributed by atoms with Gasteiger partial charge in [-0.05, 0) is 42.9 Å². The van der Waals surface area contributed by atoms with Gasteiger partial charge in [0.15, 0.2) is 0 Å². The number of halogens is 1. The van der Waals surface area contributed by atoms with Crippen molar-refractivity contribution in [2.45, 2.75) is 33.6 Å². The number of carbonyl (C=O) groups is 1. The summed E-state index contributed by atoms with van der Waals surface area (Å²) in [4.78, 5) is 11.2. The van der Waals surface area contributed by atoms with Crippen LogP contribution in [0.3, 0.4) is 0 Å². The van der Waals surface area contributed by atoms with E-state index >= 15 is 0 Å². The van der Waals surface area contributed by atoms with Crippen molar-refractivity contribution in [3.63, 3.8) is 0 Å². The number of carboxylic acids is 1. The molecular weight excluding hydrogens is 236 g/mol. The molecule has 1 aromatic rings. The van der Waals surface area contributed by atoms with Crippen molar-refractivity contribution in [1.29, 1.82) is 0 Å². The van der Waals surface area contributed by atoms with Gasteiger partial charge in [0.2, 0.25) is 0 Å². The summed E-state index contributed by atoms with van der Waals surface area (Å²) in [6, 6.07) is 5.77. The molecule has 0 spiro atoms. The van der Waals surface area contributed by atoms with Gasteiger partial charge in [-0.25, -0.2) is 0 Å². The Hall–Kier alpha value is -1.02. The molecular formula is C14H19ClO2. The summed E-state index contributed by atoms with van der Waals surface area (Å²) < 4.78 is 0. The minimum absolute atomic E-state index is 0.352. The molecule has 0 fully saturated rings. The fourth-order valence-corrected chi connectivity index (χ4v) is 2.24. The van der Waals surface area contributed by atoms with E-state index in [1.165, 1.54) is 0 Å². The third-order valence-electron chi connectivity index (χ3n) is 2.78. The third kappa shape index (κ3) is 4.39. The van der Waals surface area contributed by atoms with Gasteiger partial charge < -0.3 is 5.11 Å². The quantitative estimate of drug-likeness (QED) is 0.864. The summed E-state index contributed by atoms with van der Waals surface area (Å²) >= 11 is 6.12. The molecule has 0 saturated heterocycles. The second kappa shape index (κ2) is 6.06. The molecule has 3 heteroatoms. The fourth-order valence-electron chi connectivity index (χ4n) is 1.92. The van der Waals surface area contributed by atoms with Crippen molar-refractivity contribution in [2.24, 2.45) is 11.8 Å². The van der Waals surface area contributed by atoms with Crippen molar-refractivity contribution in [3.05, 3.63) is 34.3 Å². The fraction of sp³-hybridized carbons (Fsp3) is 0.500. The Morgan fingerprint density at radius 3 is 2.53 bits per heavy atom. The maximum Gasteiger partial charge on any atom is 0.306 e. The highest BCUT2D eigenvalue weighted by atomic mass is 35.5. The van der Waals surface area contributed by atoms with E-state index in [-0.39, 0.29) is 5.92 Å². The lowest BCUT2D eigenvalue weighted by atomic mass is 9.91. The van der Waals surface area contributed by atoms with E-state index in [1.807, 2.05) is 39.0 Å². The predicted octanol–water partition coefficient (Wildman–Crippen LogP) is 3.94. The molecule has 0 aliphatic heterocycles. The molecule has 0 radical (unpaired) electrons. The number of carboxylic acid groups (broad SMARTS) is 1. The van der Waals surface area contributed by atoms with Crippen molar-refractivity contribution in [2.75, 3.05) is 0 Å². The van der Waals surface area contributed by atoms with Gasteiger partial charge in [0.05, 0.1) is 5.92 Å². The van der Waals surface area contributed by atoms with E-state index < -0.39 is 5.97 Å². The lowest BCUT2D eigenvalue weighted by Gasteiger charge is -2.15. The molecule has 17 heavy (non-hydrogen) atoms. The summed E-state index contributed by atoms with van der Waals surface area (Å²) in [6.45, 7) is 6.04. The van der Waals surface area contributed by atoms with Gasteiger partial charge in [-0.15, -0.1) is 0 Å². The molecule has 0 bridgehead atoms. The van der Waals surface area contributed by atoms with Crippen molar-refractivity contribution in [3.8, 4) is 0 Å². The van der Waals surface area contributed by atoms with Crippen LogP contribution in [0.5, 0.6) is 0 Å². The van der Waals surface area contributed by atoms with Crippen LogP contribution in [0, 0.1) is 18.8 Å². The summed E-state index contributed by atoms with van der Waals surface area (Å²) in [5.41, 5.74) is 2.01. The van der Waals surface area contributed by atoms with Gasteiger partial charge in [0.25, 0.3) is 0 Å². The van der Waals surface area contributed by atoms with Crippen molar-refractivity contribution >= 4 is 17.6 Å². The minimum Gasteiger partial charge on any atom is -0.481 e. The molecule has 0 saturated carbocycles. The molecule has 0 amide bonds. The Labute approximate surface area is 108 Å². The molecule has 0 heterocycles. The van der Waals surface area contributed by atoms with E-state index in [9.17, 15) is 9.90 Å². The lowest BCUT2D eigenvalue weighted by molar-refractivity contribution is -0.142. The first-order valence-corrected chi connectivity index (χ1v) is 6.25. The second-order valence-electron chi connectivity index (χ2n) is 4.96. The Bertz CT molecular complexity index is 399. The largest absolute Gasteiger partial charge is 0.481 e. The number of hydrogen-bond donors (Lipinski definition) is 1. The smallest absolute Gasteiger partial charge is 0.306 e. The molecule has 1 unspecified atom stereocenters. The summed E-state index contributed by atoms with van der Waals surface area (Å²) in [7, 11) is 0. The van der Waals surface area contributed by atoms with Crippen LogP contribution in [-0.4, -0.2) is 11.1 Å². The van der Waals surface area contributed by atoms with Crippen LogP contribution in [0.1, 0.15) is 31.4 Å². The van der Waals surface area contributed by atoms with E-state index in [0.29, 0.717) is 23.8 Å². The first kappa shape index (κ1) is 14.0. The van der Waals surface area contributed by atoms with Gasteiger partial charge in [0, 0.05) is 5.02 Å². The van der Waals surface area contributed by atoms with Gasteiger partial charge >= 0.3 is 5.97 Å². The Morgan fingerprint density at radius 1 is 1.41 bits per heavy atom. The highest BCUT2D eigenvalue weighted by Gasteiger charge is 2.20. The molecule has 1 N–H and O–H groups in total. The number of aliphatic carboxylic acids is 1. The lowest BCUT2D eigenvalue weighted by Crippen LogP contribution is -2.18. The minimum atomic E-state index is -0.740. The number of rotatable bonds is 5. The first-order chi connectivity index (χ1) is 7.90. The van der Waals surface area contributed by atoms with Gasteiger partial charge in [-0.2, -0.15) is 0 Å². The van der Waals surface area contributed by atoms with Crippen LogP contribution >= 0.6 is 11.6 Å². The maximum absolute atomic E-state index is 11.2. The number of hydrogen-bond acceptors (Lipinski definition) is 1. The van der Waals surface area contributed by atoms with Gasteiger partial charge in [-0.3, -0.25) is 4.79 Å². The number of aryl methyl sites for hydroxylation is 1. The predicted molar refractivity (Wildman–Crippen MR) is 70.5 cm³/mol. The molecule has 94 valence electrons. The Kier molecular flexibility index (Phi) is 5.01. The molecule has 2 nitrogen and oxygen atoms in total. The molecule has 1 rings (SSSR count). The van der Waals surface area contributed by atoms with E-state index in [1.54, 1.807) is 0 Å². The van der Waals surface area contributed by atoms with Gasteiger partial charge in [0.1, 0.15) is 0 Å². The SMILES string of the molecule is Cc1ccc(CC(CC(C)C)C(=O)O)c(Cl)c1. The normalized spacial score (nSPS) is 12.8. The van der Waals surface area contributed by atoms with Crippen molar-refractivity contribution < 1.29 is 9.90 Å². The van der Waals surface area contributed by atoms with Crippen LogP contribution in [0.25, 0.3) is 0 Å². The van der Waals surface area contributed by atoms with Crippen LogP contribution in [0.2, 0.25) is 5.02 Å². The maximum atomic E-state index is 11.2. The average Bonchev–Trinajstić information content (AvgIpc) is 2.19. The van der Waals surface area contributed by atoms with E-state index in [4.69, 9.17) is 11.6 Å². The van der Waals surface area contributed by atoms with Crippen molar-refractivity contribution in [1.82, 2.24) is 0 Å². The monoisotopic (exact) mass is 254 g/mol. The zero-order chi connectivity index (χ0) is 13.0. The Balaban J connectivity index is 2.82. The van der Waals surface area contributed by atoms with Gasteiger partial charge in [-0.1, -0.05) is 37.6 Å². The van der Waals surface area contributed by atoms with Crippen LogP contribution < -0.4 is 0 Å². The topological polar surface area (TPSA) is 37.3 Å². The molecule has 1 atom stereocenters. The standard InChI is InChI=1S/C14H19ClO2/c1-9(2)6-12(14(16)17)8-11-5-4-10(3)7-13(11)15/h4-5,7,9,12H,6,8H2,1-3H3,(H,16,17).